The van der Waals surface area contributed by atoms with Crippen LogP contribution in [0.25, 0.3) is 11.8 Å². The zero-order valence-corrected chi connectivity index (χ0v) is 17.1. The molecule has 1 aromatic heterocycles. The number of nitrogens with one attached hydrogen (secondary N) is 1. The maximum atomic E-state index is 12.7. The molecule has 5 nitrogen and oxygen atoms in total. The summed E-state index contributed by atoms with van der Waals surface area (Å²) >= 11 is 3.42. The van der Waals surface area contributed by atoms with Crippen molar-refractivity contribution >= 4 is 33.6 Å². The maximum Gasteiger partial charge on any atom is 0.268 e. The number of hydrogen-bond donors (Lipinski definition) is 1. The first-order valence-electron chi connectivity index (χ1n) is 9.13. The van der Waals surface area contributed by atoms with Crippen LogP contribution in [0.2, 0.25) is 0 Å². The van der Waals surface area contributed by atoms with Crippen molar-refractivity contribution in [1.82, 2.24) is 9.88 Å². The van der Waals surface area contributed by atoms with Crippen LogP contribution in [0.1, 0.15) is 31.7 Å². The van der Waals surface area contributed by atoms with Gasteiger partial charge in [-0.3, -0.25) is 14.2 Å². The number of unbranched alkanes of at least 4 members (excludes halogenated alkanes) is 1. The molecule has 0 radical (unpaired) electrons. The normalized spacial score (nSPS) is 11.4. The predicted molar refractivity (Wildman–Crippen MR) is 112 cm³/mol. The standard InChI is InChI=1S/C21H25BrN2O3/c1-2-3-13-27-14-7-11-23-21(26)19(24-12-5-4-10-20(24)25)16-17-8-6-9-18(22)15-17/h4-6,8-10,12,15-16H,2-3,7,11,13-14H2,1H3,(H,23,26)/b19-16+. The Morgan fingerprint density at radius 3 is 2.74 bits per heavy atom. The number of carbonyl (C=O) groups excluding carboxylic acids is 1. The minimum Gasteiger partial charge on any atom is -0.381 e. The lowest BCUT2D eigenvalue weighted by molar-refractivity contribution is -0.116. The molecule has 0 bridgehead atoms. The fourth-order valence-electron chi connectivity index (χ4n) is 2.44. The summed E-state index contributed by atoms with van der Waals surface area (Å²) in [6.45, 7) is 3.96. The summed E-state index contributed by atoms with van der Waals surface area (Å²) in [6.07, 6.45) is 6.18. The molecule has 0 aliphatic carbocycles. The lowest BCUT2D eigenvalue weighted by Gasteiger charge is -2.12. The van der Waals surface area contributed by atoms with Crippen molar-refractivity contribution in [3.63, 3.8) is 0 Å². The van der Waals surface area contributed by atoms with Crippen molar-refractivity contribution in [3.8, 4) is 0 Å². The highest BCUT2D eigenvalue weighted by atomic mass is 79.9. The van der Waals surface area contributed by atoms with Gasteiger partial charge in [-0.1, -0.05) is 47.5 Å². The molecule has 2 rings (SSSR count). The second-order valence-corrected chi connectivity index (χ2v) is 6.98. The van der Waals surface area contributed by atoms with E-state index in [1.165, 1.54) is 10.6 Å². The van der Waals surface area contributed by atoms with Crippen LogP contribution in [0.4, 0.5) is 0 Å². The summed E-state index contributed by atoms with van der Waals surface area (Å²) in [5, 5.41) is 2.88. The van der Waals surface area contributed by atoms with Crippen LogP contribution in [-0.4, -0.2) is 30.2 Å². The number of hydrogen-bond acceptors (Lipinski definition) is 3. The quantitative estimate of drug-likeness (QED) is 0.456. The van der Waals surface area contributed by atoms with Gasteiger partial charge in [-0.2, -0.15) is 0 Å². The molecule has 1 N–H and O–H groups in total. The smallest absolute Gasteiger partial charge is 0.268 e. The molecule has 0 aliphatic heterocycles. The first kappa shape index (κ1) is 21.1. The average molecular weight is 433 g/mol. The third kappa shape index (κ3) is 7.15. The summed E-state index contributed by atoms with van der Waals surface area (Å²) in [5.41, 5.74) is 0.857. The van der Waals surface area contributed by atoms with E-state index < -0.39 is 0 Å². The Hall–Kier alpha value is -2.18. The van der Waals surface area contributed by atoms with Gasteiger partial charge in [0, 0.05) is 36.5 Å². The molecular formula is C21H25BrN2O3. The van der Waals surface area contributed by atoms with Gasteiger partial charge in [0.2, 0.25) is 0 Å². The van der Waals surface area contributed by atoms with Crippen molar-refractivity contribution in [2.45, 2.75) is 26.2 Å². The number of benzene rings is 1. The fraction of sp³-hybridized carbons (Fsp3) is 0.333. The Morgan fingerprint density at radius 1 is 1.19 bits per heavy atom. The Morgan fingerprint density at radius 2 is 2.00 bits per heavy atom. The molecular weight excluding hydrogens is 408 g/mol. The average Bonchev–Trinajstić information content (AvgIpc) is 2.66. The van der Waals surface area contributed by atoms with Gasteiger partial charge in [0.1, 0.15) is 5.70 Å². The first-order chi connectivity index (χ1) is 13.1. The van der Waals surface area contributed by atoms with E-state index in [4.69, 9.17) is 4.74 Å². The van der Waals surface area contributed by atoms with E-state index in [1.807, 2.05) is 24.3 Å². The molecule has 0 fully saturated rings. The van der Waals surface area contributed by atoms with E-state index in [2.05, 4.69) is 28.2 Å². The molecule has 6 heteroatoms. The predicted octanol–water partition coefficient (Wildman–Crippen LogP) is 3.93. The van der Waals surface area contributed by atoms with Gasteiger partial charge in [0.05, 0.1) is 0 Å². The van der Waals surface area contributed by atoms with Crippen LogP contribution in [0.15, 0.2) is 57.9 Å². The number of amides is 1. The summed E-state index contributed by atoms with van der Waals surface area (Å²) in [6, 6.07) is 12.4. The van der Waals surface area contributed by atoms with Gasteiger partial charge >= 0.3 is 0 Å². The summed E-state index contributed by atoms with van der Waals surface area (Å²) in [7, 11) is 0. The molecule has 0 spiro atoms. The van der Waals surface area contributed by atoms with E-state index in [1.54, 1.807) is 24.4 Å². The van der Waals surface area contributed by atoms with Gasteiger partial charge in [-0.05, 0) is 42.7 Å². The van der Waals surface area contributed by atoms with Crippen LogP contribution in [-0.2, 0) is 9.53 Å². The van der Waals surface area contributed by atoms with E-state index in [9.17, 15) is 9.59 Å². The number of nitrogens with zero attached hydrogens (tertiary/aromatic N) is 1. The number of ether oxygens (including phenoxy) is 1. The highest BCUT2D eigenvalue weighted by Crippen LogP contribution is 2.16. The van der Waals surface area contributed by atoms with E-state index in [-0.39, 0.29) is 17.2 Å². The summed E-state index contributed by atoms with van der Waals surface area (Å²) in [5.74, 6) is -0.295. The molecule has 27 heavy (non-hydrogen) atoms. The molecule has 1 heterocycles. The van der Waals surface area contributed by atoms with Crippen molar-refractivity contribution in [1.29, 1.82) is 0 Å². The number of halogens is 1. The molecule has 0 saturated heterocycles. The zero-order valence-electron chi connectivity index (χ0n) is 15.5. The minimum atomic E-state index is -0.295. The number of carbonyl (C=O) groups is 1. The van der Waals surface area contributed by atoms with E-state index in [0.717, 1.165) is 35.9 Å². The lowest BCUT2D eigenvalue weighted by Crippen LogP contribution is -2.31. The van der Waals surface area contributed by atoms with Gasteiger partial charge in [-0.25, -0.2) is 0 Å². The van der Waals surface area contributed by atoms with Crippen molar-refractivity contribution in [2.24, 2.45) is 0 Å². The van der Waals surface area contributed by atoms with Crippen LogP contribution in [0.5, 0.6) is 0 Å². The highest BCUT2D eigenvalue weighted by Gasteiger charge is 2.12. The number of pyridine rings is 1. The molecule has 0 atom stereocenters. The summed E-state index contributed by atoms with van der Waals surface area (Å²) < 4.78 is 7.76. The molecule has 144 valence electrons. The Bertz CT molecular complexity index is 830. The van der Waals surface area contributed by atoms with E-state index >= 15 is 0 Å². The lowest BCUT2D eigenvalue weighted by atomic mass is 10.2. The first-order valence-corrected chi connectivity index (χ1v) is 9.92. The highest BCUT2D eigenvalue weighted by molar-refractivity contribution is 9.10. The largest absolute Gasteiger partial charge is 0.381 e. The van der Waals surface area contributed by atoms with Gasteiger partial charge in [0.25, 0.3) is 11.5 Å². The van der Waals surface area contributed by atoms with Crippen molar-refractivity contribution < 1.29 is 9.53 Å². The van der Waals surface area contributed by atoms with Crippen LogP contribution in [0, 0.1) is 0 Å². The van der Waals surface area contributed by atoms with Crippen LogP contribution < -0.4 is 10.9 Å². The zero-order chi connectivity index (χ0) is 19.5. The Kier molecular flexibility index (Phi) is 9.01. The topological polar surface area (TPSA) is 60.3 Å². The summed E-state index contributed by atoms with van der Waals surface area (Å²) in [4.78, 5) is 24.9. The Labute approximate surface area is 168 Å². The van der Waals surface area contributed by atoms with Crippen molar-refractivity contribution in [3.05, 3.63) is 69.1 Å². The van der Waals surface area contributed by atoms with Gasteiger partial charge < -0.3 is 10.1 Å². The fourth-order valence-corrected chi connectivity index (χ4v) is 2.86. The number of aromatic nitrogens is 1. The number of rotatable bonds is 10. The third-order valence-electron chi connectivity index (χ3n) is 3.86. The second-order valence-electron chi connectivity index (χ2n) is 6.07. The molecule has 0 aliphatic rings. The maximum absolute atomic E-state index is 12.7. The monoisotopic (exact) mass is 432 g/mol. The molecule has 1 amide bonds. The molecule has 0 unspecified atom stereocenters. The molecule has 0 saturated carbocycles. The second kappa shape index (κ2) is 11.5. The molecule has 2 aromatic rings. The van der Waals surface area contributed by atoms with Crippen molar-refractivity contribution in [2.75, 3.05) is 19.8 Å². The minimum absolute atomic E-state index is 0.253. The Balaban J connectivity index is 2.10. The SMILES string of the molecule is CCCCOCCCNC(=O)/C(=C\c1cccc(Br)c1)n1ccccc1=O. The third-order valence-corrected chi connectivity index (χ3v) is 4.35. The van der Waals surface area contributed by atoms with E-state index in [0.29, 0.717) is 13.2 Å². The van der Waals surface area contributed by atoms with Crippen LogP contribution in [0.3, 0.4) is 0 Å². The van der Waals surface area contributed by atoms with Gasteiger partial charge in [0.15, 0.2) is 0 Å². The van der Waals surface area contributed by atoms with Crippen LogP contribution >= 0.6 is 15.9 Å². The molecule has 1 aromatic carbocycles. The van der Waals surface area contributed by atoms with Gasteiger partial charge in [-0.15, -0.1) is 0 Å².